The number of amides is 2. The highest BCUT2D eigenvalue weighted by Gasteiger charge is 2.29. The first-order valence-corrected chi connectivity index (χ1v) is 9.83. The predicted molar refractivity (Wildman–Crippen MR) is 101 cm³/mol. The number of aromatic nitrogens is 3. The number of carbonyl (C=O) groups is 1. The van der Waals surface area contributed by atoms with Gasteiger partial charge in [0.2, 0.25) is 0 Å². The van der Waals surface area contributed by atoms with E-state index in [0.29, 0.717) is 18.8 Å². The molecule has 1 aromatic carbocycles. The number of rotatable bonds is 2. The Morgan fingerprint density at radius 3 is 2.96 bits per heavy atom. The predicted octanol–water partition coefficient (Wildman–Crippen LogP) is 3.43. The summed E-state index contributed by atoms with van der Waals surface area (Å²) in [6.07, 6.45) is 6.32. The number of nitrogens with one attached hydrogen (secondary N) is 1. The molecule has 2 amide bonds. The number of hydrogen-bond donors (Lipinski definition) is 1. The number of fused-ring (bicyclic) bond motifs is 1. The van der Waals surface area contributed by atoms with Crippen molar-refractivity contribution in [3.63, 3.8) is 0 Å². The molecule has 7 nitrogen and oxygen atoms in total. The zero-order valence-corrected chi connectivity index (χ0v) is 15.7. The van der Waals surface area contributed by atoms with Crippen LogP contribution < -0.4 is 5.32 Å². The van der Waals surface area contributed by atoms with Crippen LogP contribution in [-0.4, -0.2) is 38.8 Å². The number of urea groups is 1. The lowest BCUT2D eigenvalue weighted by Crippen LogP contribution is -2.42. The second-order valence-corrected chi connectivity index (χ2v) is 7.45. The molecule has 4 rings (SSSR count). The molecule has 2 aliphatic rings. The monoisotopic (exact) mass is 382 g/mol. The van der Waals surface area contributed by atoms with Gasteiger partial charge in [0, 0.05) is 32.0 Å². The third-order valence-corrected chi connectivity index (χ3v) is 5.56. The summed E-state index contributed by atoms with van der Waals surface area (Å²) < 4.78 is 15.6. The van der Waals surface area contributed by atoms with Crippen LogP contribution in [0, 0.1) is 17.1 Å². The Balaban J connectivity index is 1.48. The molecule has 1 saturated heterocycles. The summed E-state index contributed by atoms with van der Waals surface area (Å²) >= 11 is 0. The molecule has 0 saturated carbocycles. The number of benzene rings is 1. The second-order valence-electron chi connectivity index (χ2n) is 7.45. The normalized spacial score (nSPS) is 19.4. The highest BCUT2D eigenvalue weighted by Crippen LogP contribution is 2.28. The molecular formula is C20H23FN6O. The van der Waals surface area contributed by atoms with Crippen LogP contribution in [0.1, 0.15) is 55.2 Å². The van der Waals surface area contributed by atoms with Crippen molar-refractivity contribution in [1.29, 1.82) is 5.26 Å². The molecule has 146 valence electrons. The Hall–Kier alpha value is -2.95. The molecule has 0 aliphatic carbocycles. The summed E-state index contributed by atoms with van der Waals surface area (Å²) in [5.74, 6) is 1.69. The number of piperidine rings is 1. The minimum absolute atomic E-state index is 0.115. The highest BCUT2D eigenvalue weighted by molar-refractivity contribution is 5.90. The first-order valence-electron chi connectivity index (χ1n) is 9.83. The van der Waals surface area contributed by atoms with E-state index >= 15 is 0 Å². The van der Waals surface area contributed by atoms with Gasteiger partial charge >= 0.3 is 6.03 Å². The van der Waals surface area contributed by atoms with E-state index in [4.69, 9.17) is 5.26 Å². The number of anilines is 1. The lowest BCUT2D eigenvalue weighted by Gasteiger charge is -2.32. The van der Waals surface area contributed by atoms with Gasteiger partial charge in [-0.1, -0.05) is 6.42 Å². The van der Waals surface area contributed by atoms with Crippen LogP contribution in [0.5, 0.6) is 0 Å². The second kappa shape index (κ2) is 7.97. The van der Waals surface area contributed by atoms with E-state index in [1.165, 1.54) is 18.6 Å². The number of likely N-dealkylation sites (tertiary alicyclic amines) is 1. The number of halogens is 1. The van der Waals surface area contributed by atoms with Crippen molar-refractivity contribution in [3.8, 4) is 6.07 Å². The molecule has 1 atom stereocenters. The fourth-order valence-electron chi connectivity index (χ4n) is 4.09. The van der Waals surface area contributed by atoms with E-state index in [1.807, 2.05) is 6.07 Å². The van der Waals surface area contributed by atoms with E-state index < -0.39 is 5.82 Å². The minimum Gasteiger partial charge on any atom is -0.324 e. The first-order chi connectivity index (χ1) is 13.7. The summed E-state index contributed by atoms with van der Waals surface area (Å²) in [5.41, 5.74) is 0.442. The molecule has 0 bridgehead atoms. The van der Waals surface area contributed by atoms with Gasteiger partial charge in [0.1, 0.15) is 23.5 Å². The van der Waals surface area contributed by atoms with Crippen molar-refractivity contribution in [2.75, 3.05) is 18.4 Å². The Labute approximate surface area is 163 Å². The minimum atomic E-state index is -0.500. The smallest absolute Gasteiger partial charge is 0.321 e. The number of nitriles is 1. The summed E-state index contributed by atoms with van der Waals surface area (Å²) in [6, 6.07) is 5.43. The molecule has 2 aliphatic heterocycles. The van der Waals surface area contributed by atoms with Gasteiger partial charge in [0.05, 0.1) is 11.3 Å². The van der Waals surface area contributed by atoms with E-state index in [2.05, 4.69) is 20.1 Å². The number of hydrogen-bond acceptors (Lipinski definition) is 4. The maximum atomic E-state index is 13.3. The average Bonchev–Trinajstić information content (AvgIpc) is 2.97. The van der Waals surface area contributed by atoms with E-state index in [1.54, 1.807) is 4.90 Å². The fraction of sp³-hybridized carbons (Fsp3) is 0.500. The van der Waals surface area contributed by atoms with Crippen LogP contribution in [0.3, 0.4) is 0 Å². The van der Waals surface area contributed by atoms with Crippen LogP contribution in [0.2, 0.25) is 0 Å². The summed E-state index contributed by atoms with van der Waals surface area (Å²) in [4.78, 5) is 14.5. The van der Waals surface area contributed by atoms with Gasteiger partial charge in [-0.05, 0) is 43.9 Å². The van der Waals surface area contributed by atoms with Crippen molar-refractivity contribution >= 4 is 11.7 Å². The molecule has 2 aromatic rings. The quantitative estimate of drug-likeness (QED) is 0.862. The molecule has 28 heavy (non-hydrogen) atoms. The lowest BCUT2D eigenvalue weighted by molar-refractivity contribution is 0.190. The number of aryl methyl sites for hydroxylation is 1. The van der Waals surface area contributed by atoms with Crippen LogP contribution in [0.25, 0.3) is 0 Å². The SMILES string of the molecule is N#Cc1cc(F)ccc1NC(=O)N1CCCC(c2nnc3n2CCCCC3)C1. The molecular weight excluding hydrogens is 359 g/mol. The Morgan fingerprint density at radius 2 is 2.11 bits per heavy atom. The zero-order chi connectivity index (χ0) is 19.5. The van der Waals surface area contributed by atoms with Gasteiger partial charge in [0.15, 0.2) is 0 Å². The van der Waals surface area contributed by atoms with Gasteiger partial charge in [-0.2, -0.15) is 5.26 Å². The summed E-state index contributed by atoms with van der Waals surface area (Å²) in [7, 11) is 0. The van der Waals surface area contributed by atoms with Crippen molar-refractivity contribution in [2.45, 2.75) is 51.0 Å². The largest absolute Gasteiger partial charge is 0.324 e. The Morgan fingerprint density at radius 1 is 1.21 bits per heavy atom. The fourth-order valence-corrected chi connectivity index (χ4v) is 4.09. The van der Waals surface area contributed by atoms with Gasteiger partial charge in [-0.3, -0.25) is 0 Å². The molecule has 8 heteroatoms. The molecule has 3 heterocycles. The molecule has 1 fully saturated rings. The average molecular weight is 382 g/mol. The topological polar surface area (TPSA) is 86.8 Å². The van der Waals surface area contributed by atoms with Gasteiger partial charge in [-0.25, -0.2) is 9.18 Å². The first kappa shape index (κ1) is 18.4. The summed E-state index contributed by atoms with van der Waals surface area (Å²) in [6.45, 7) is 2.15. The maximum Gasteiger partial charge on any atom is 0.321 e. The zero-order valence-electron chi connectivity index (χ0n) is 15.7. The summed E-state index contributed by atoms with van der Waals surface area (Å²) in [5, 5.41) is 20.8. The van der Waals surface area contributed by atoms with Crippen LogP contribution >= 0.6 is 0 Å². The van der Waals surface area contributed by atoms with Crippen molar-refractivity contribution in [2.24, 2.45) is 0 Å². The van der Waals surface area contributed by atoms with Crippen molar-refractivity contribution in [3.05, 3.63) is 41.2 Å². The Kier molecular flexibility index (Phi) is 5.24. The number of carbonyl (C=O) groups excluding carboxylic acids is 1. The molecule has 1 aromatic heterocycles. The van der Waals surface area contributed by atoms with Crippen molar-refractivity contribution < 1.29 is 9.18 Å². The molecule has 1 unspecified atom stereocenters. The van der Waals surface area contributed by atoms with Crippen LogP contribution in [0.4, 0.5) is 14.9 Å². The van der Waals surface area contributed by atoms with Crippen LogP contribution in [-0.2, 0) is 13.0 Å². The van der Waals surface area contributed by atoms with Gasteiger partial charge < -0.3 is 14.8 Å². The van der Waals surface area contributed by atoms with Crippen LogP contribution in [0.15, 0.2) is 18.2 Å². The van der Waals surface area contributed by atoms with E-state index in [9.17, 15) is 9.18 Å². The molecule has 0 radical (unpaired) electrons. The standard InChI is InChI=1S/C20H23FN6O/c21-16-7-8-17(15(11-16)12-22)23-20(28)26-9-4-5-14(13-26)19-25-24-18-6-2-1-3-10-27(18)19/h7-8,11,14H,1-6,9-10,13H2,(H,23,28). The Bertz CT molecular complexity index is 918. The molecule has 1 N–H and O–H groups in total. The van der Waals surface area contributed by atoms with Gasteiger partial charge in [-0.15, -0.1) is 10.2 Å². The lowest BCUT2D eigenvalue weighted by atomic mass is 9.97. The number of nitrogens with zero attached hydrogens (tertiary/aromatic N) is 5. The van der Waals surface area contributed by atoms with Gasteiger partial charge in [0.25, 0.3) is 0 Å². The third-order valence-electron chi connectivity index (χ3n) is 5.56. The van der Waals surface area contributed by atoms with E-state index in [-0.39, 0.29) is 17.5 Å². The molecule has 0 spiro atoms. The maximum absolute atomic E-state index is 13.3. The highest BCUT2D eigenvalue weighted by atomic mass is 19.1. The third kappa shape index (κ3) is 3.70. The van der Waals surface area contributed by atoms with E-state index in [0.717, 1.165) is 56.4 Å². The van der Waals surface area contributed by atoms with Crippen molar-refractivity contribution in [1.82, 2.24) is 19.7 Å².